The zero-order valence-corrected chi connectivity index (χ0v) is 18.5. The highest BCUT2D eigenvalue weighted by Crippen LogP contribution is 2.21. The number of amides is 2. The zero-order chi connectivity index (χ0) is 23.3. The van der Waals surface area contributed by atoms with Crippen LogP contribution in [0.5, 0.6) is 0 Å². The largest absolute Gasteiger partial charge is 0.445 e. The summed E-state index contributed by atoms with van der Waals surface area (Å²) in [6.07, 6.45) is 4.56. The first kappa shape index (κ1) is 24.0. The fourth-order valence-electron chi connectivity index (χ4n) is 3.55. The lowest BCUT2D eigenvalue weighted by atomic mass is 10.1. The van der Waals surface area contributed by atoms with Crippen molar-refractivity contribution in [3.63, 3.8) is 0 Å². The van der Waals surface area contributed by atoms with Gasteiger partial charge in [-0.2, -0.15) is 0 Å². The summed E-state index contributed by atoms with van der Waals surface area (Å²) in [5.74, 6) is -0.390. The van der Waals surface area contributed by atoms with Crippen LogP contribution < -0.4 is 16.1 Å². The van der Waals surface area contributed by atoms with E-state index in [1.165, 1.54) is 0 Å². The highest BCUT2D eigenvalue weighted by molar-refractivity contribution is 5.90. The number of unbranched alkanes of at least 4 members (excludes halogenated alkanes) is 2. The number of rotatable bonds is 12. The summed E-state index contributed by atoms with van der Waals surface area (Å²) >= 11 is 0. The Kier molecular flexibility index (Phi) is 9.47. The molecule has 0 aliphatic heterocycles. The second kappa shape index (κ2) is 13.0. The molecule has 0 aliphatic rings. The number of nitrogens with zero attached hydrogens (tertiary/aromatic N) is 1. The van der Waals surface area contributed by atoms with Gasteiger partial charge in [0, 0.05) is 30.6 Å². The van der Waals surface area contributed by atoms with Crippen LogP contribution in [0.15, 0.2) is 66.9 Å². The lowest BCUT2D eigenvalue weighted by molar-refractivity contribution is -0.129. The molecule has 0 fully saturated rings. The number of para-hydroxylation sites is 1. The van der Waals surface area contributed by atoms with E-state index in [1.54, 1.807) is 11.7 Å². The van der Waals surface area contributed by atoms with Crippen molar-refractivity contribution in [1.82, 2.24) is 15.8 Å². The normalized spacial score (nSPS) is 11.5. The van der Waals surface area contributed by atoms with Gasteiger partial charge in [0.15, 0.2) is 0 Å². The van der Waals surface area contributed by atoms with E-state index in [1.807, 2.05) is 60.7 Å². The number of benzene rings is 2. The fourth-order valence-corrected chi connectivity index (χ4v) is 3.55. The molecule has 0 saturated carbocycles. The summed E-state index contributed by atoms with van der Waals surface area (Å²) in [6, 6.07) is 19.2. The Morgan fingerprint density at radius 2 is 1.79 bits per heavy atom. The number of aromatic nitrogens is 1. The molecule has 1 heterocycles. The van der Waals surface area contributed by atoms with Gasteiger partial charge >= 0.3 is 6.09 Å². The first-order chi connectivity index (χ1) is 16.2. The molecule has 1 aromatic heterocycles. The molecular weight excluding hydrogens is 420 g/mol. The molecule has 0 bridgehead atoms. The summed E-state index contributed by atoms with van der Waals surface area (Å²) < 4.78 is 5.38. The number of fused-ring (bicyclic) bond motifs is 1. The zero-order valence-electron chi connectivity index (χ0n) is 18.5. The van der Waals surface area contributed by atoms with Gasteiger partial charge in [0.2, 0.25) is 5.91 Å². The van der Waals surface area contributed by atoms with Crippen molar-refractivity contribution in [2.24, 2.45) is 0 Å². The molecule has 0 spiro atoms. The average molecular weight is 451 g/mol. The molecule has 2 aromatic carbocycles. The van der Waals surface area contributed by atoms with Crippen molar-refractivity contribution in [2.45, 2.75) is 44.8 Å². The predicted molar refractivity (Wildman–Crippen MR) is 127 cm³/mol. The quantitative estimate of drug-likeness (QED) is 0.185. The molecule has 3 rings (SSSR count). The van der Waals surface area contributed by atoms with Crippen LogP contribution in [-0.4, -0.2) is 34.8 Å². The number of ether oxygens (including phenoxy) is 1. The SMILES string of the molecule is O=C(CCCCCC(CNc1cccc2cccnc12)NC(=O)OCc1ccccc1)NO. The average Bonchev–Trinajstić information content (AvgIpc) is 2.86. The standard InChI is InChI=1S/C25H30N4O4/c30-23(29-32)15-6-2-5-13-21(28-25(31)33-18-19-9-3-1-4-10-19)17-27-22-14-7-11-20-12-8-16-26-24(20)22/h1,3-4,7-12,14,16,21,27,32H,2,5-6,13,15,17-18H2,(H,28,31)(H,29,30). The summed E-state index contributed by atoms with van der Waals surface area (Å²) in [6.45, 7) is 0.712. The molecule has 3 aromatic rings. The maximum atomic E-state index is 12.4. The van der Waals surface area contributed by atoms with Crippen LogP contribution in [0.25, 0.3) is 10.9 Å². The fraction of sp³-hybridized carbons (Fsp3) is 0.320. The van der Waals surface area contributed by atoms with Crippen molar-refractivity contribution >= 4 is 28.6 Å². The molecule has 0 saturated heterocycles. The van der Waals surface area contributed by atoms with Gasteiger partial charge in [-0.25, -0.2) is 10.3 Å². The van der Waals surface area contributed by atoms with Gasteiger partial charge in [0.05, 0.1) is 11.2 Å². The highest BCUT2D eigenvalue weighted by atomic mass is 16.5. The molecule has 174 valence electrons. The molecule has 2 amide bonds. The Hall–Kier alpha value is -3.65. The number of hydrogen-bond acceptors (Lipinski definition) is 6. The van der Waals surface area contributed by atoms with Crippen molar-refractivity contribution in [2.75, 3.05) is 11.9 Å². The number of carbonyl (C=O) groups excluding carboxylic acids is 2. The van der Waals surface area contributed by atoms with E-state index in [-0.39, 0.29) is 25.0 Å². The van der Waals surface area contributed by atoms with E-state index in [2.05, 4.69) is 15.6 Å². The molecule has 0 aliphatic carbocycles. The minimum atomic E-state index is -0.471. The van der Waals surface area contributed by atoms with E-state index in [0.717, 1.165) is 35.0 Å². The van der Waals surface area contributed by atoms with Gasteiger partial charge in [0.1, 0.15) is 6.61 Å². The molecule has 1 unspecified atom stereocenters. The highest BCUT2D eigenvalue weighted by Gasteiger charge is 2.14. The van der Waals surface area contributed by atoms with Crippen LogP contribution in [0, 0.1) is 0 Å². The first-order valence-corrected chi connectivity index (χ1v) is 11.1. The van der Waals surface area contributed by atoms with E-state index < -0.39 is 6.09 Å². The van der Waals surface area contributed by atoms with Gasteiger partial charge in [0.25, 0.3) is 0 Å². The Labute approximate surface area is 193 Å². The van der Waals surface area contributed by atoms with Crippen LogP contribution in [0.4, 0.5) is 10.5 Å². The van der Waals surface area contributed by atoms with Gasteiger partial charge in [-0.1, -0.05) is 61.4 Å². The van der Waals surface area contributed by atoms with Crippen LogP contribution in [0.3, 0.4) is 0 Å². The van der Waals surface area contributed by atoms with Gasteiger partial charge in [-0.3, -0.25) is 15.0 Å². The number of hydroxylamine groups is 1. The Morgan fingerprint density at radius 3 is 2.61 bits per heavy atom. The number of hydrogen-bond donors (Lipinski definition) is 4. The first-order valence-electron chi connectivity index (χ1n) is 11.1. The Morgan fingerprint density at radius 1 is 0.970 bits per heavy atom. The van der Waals surface area contributed by atoms with Crippen molar-refractivity contribution in [3.8, 4) is 0 Å². The van der Waals surface area contributed by atoms with E-state index in [0.29, 0.717) is 19.4 Å². The van der Waals surface area contributed by atoms with Crippen LogP contribution in [0.2, 0.25) is 0 Å². The molecule has 1 atom stereocenters. The third-order valence-electron chi connectivity index (χ3n) is 5.29. The second-order valence-corrected chi connectivity index (χ2v) is 7.80. The van der Waals surface area contributed by atoms with Crippen molar-refractivity contribution < 1.29 is 19.5 Å². The van der Waals surface area contributed by atoms with E-state index in [9.17, 15) is 9.59 Å². The lowest BCUT2D eigenvalue weighted by Gasteiger charge is -2.20. The lowest BCUT2D eigenvalue weighted by Crippen LogP contribution is -2.40. The van der Waals surface area contributed by atoms with Gasteiger partial charge in [-0.05, 0) is 30.5 Å². The predicted octanol–water partition coefficient (Wildman–Crippen LogP) is 4.40. The Balaban J connectivity index is 1.55. The minimum absolute atomic E-state index is 0.168. The van der Waals surface area contributed by atoms with Crippen LogP contribution in [0.1, 0.15) is 37.7 Å². The Bertz CT molecular complexity index is 1020. The van der Waals surface area contributed by atoms with Gasteiger partial charge in [-0.15, -0.1) is 0 Å². The maximum absolute atomic E-state index is 12.4. The molecule has 8 heteroatoms. The number of alkyl carbamates (subject to hydrolysis) is 1. The van der Waals surface area contributed by atoms with Crippen molar-refractivity contribution in [3.05, 3.63) is 72.4 Å². The summed E-state index contributed by atoms with van der Waals surface area (Å²) in [7, 11) is 0. The molecule has 4 N–H and O–H groups in total. The van der Waals surface area contributed by atoms with Crippen LogP contribution in [-0.2, 0) is 16.1 Å². The van der Waals surface area contributed by atoms with Crippen molar-refractivity contribution in [1.29, 1.82) is 0 Å². The number of pyridine rings is 1. The maximum Gasteiger partial charge on any atom is 0.407 e. The number of nitrogens with one attached hydrogen (secondary N) is 3. The summed E-state index contributed by atoms with van der Waals surface area (Å²) in [4.78, 5) is 28.0. The van der Waals surface area contributed by atoms with E-state index in [4.69, 9.17) is 9.94 Å². The molecule has 8 nitrogen and oxygen atoms in total. The number of anilines is 1. The van der Waals surface area contributed by atoms with Gasteiger partial charge < -0.3 is 15.4 Å². The molecule has 0 radical (unpaired) electrons. The minimum Gasteiger partial charge on any atom is -0.445 e. The van der Waals surface area contributed by atoms with Crippen LogP contribution >= 0.6 is 0 Å². The molecule has 33 heavy (non-hydrogen) atoms. The topological polar surface area (TPSA) is 113 Å². The third-order valence-corrected chi connectivity index (χ3v) is 5.29. The number of carbonyl (C=O) groups is 2. The monoisotopic (exact) mass is 450 g/mol. The smallest absolute Gasteiger partial charge is 0.407 e. The third kappa shape index (κ3) is 8.08. The molecular formula is C25H30N4O4. The summed E-state index contributed by atoms with van der Waals surface area (Å²) in [5, 5.41) is 16.0. The van der Waals surface area contributed by atoms with E-state index >= 15 is 0 Å². The second-order valence-electron chi connectivity index (χ2n) is 7.80. The summed E-state index contributed by atoms with van der Waals surface area (Å²) in [5.41, 5.74) is 4.34.